The third-order valence-electron chi connectivity index (χ3n) is 2.34. The largest absolute Gasteiger partial charge is 0.434 e. The van der Waals surface area contributed by atoms with Crippen molar-refractivity contribution in [2.24, 2.45) is 0 Å². The summed E-state index contributed by atoms with van der Waals surface area (Å²) in [6, 6.07) is 5.93. The number of carbonyl (C=O) groups is 1. The quantitative estimate of drug-likeness (QED) is 0.863. The zero-order valence-corrected chi connectivity index (χ0v) is 9.74. The third kappa shape index (κ3) is 4.01. The van der Waals surface area contributed by atoms with Gasteiger partial charge in [0.2, 0.25) is 0 Å². The van der Waals surface area contributed by atoms with Crippen LogP contribution in [0.1, 0.15) is 30.6 Å². The van der Waals surface area contributed by atoms with Crippen LogP contribution in [0.25, 0.3) is 0 Å². The molecule has 1 aromatic carbocycles. The first kappa shape index (κ1) is 13.4. The molecule has 0 radical (unpaired) electrons. The van der Waals surface area contributed by atoms with Gasteiger partial charge in [0.15, 0.2) is 0 Å². The second-order valence-electron chi connectivity index (χ2n) is 3.66. The number of hydrogen-bond acceptors (Lipinski definition) is 2. The van der Waals surface area contributed by atoms with Gasteiger partial charge < -0.3 is 10.1 Å². The molecule has 0 bridgehead atoms. The van der Waals surface area contributed by atoms with Crippen LogP contribution >= 0.6 is 0 Å². The molecule has 1 aromatic rings. The van der Waals surface area contributed by atoms with Crippen molar-refractivity contribution in [1.82, 2.24) is 5.32 Å². The first-order chi connectivity index (χ1) is 8.04. The smallest absolute Gasteiger partial charge is 0.387 e. The van der Waals surface area contributed by atoms with Gasteiger partial charge in [-0.2, -0.15) is 8.78 Å². The number of para-hydroxylation sites is 1. The van der Waals surface area contributed by atoms with Gasteiger partial charge in [-0.15, -0.1) is 0 Å². The van der Waals surface area contributed by atoms with Crippen LogP contribution in [0.5, 0.6) is 5.75 Å². The van der Waals surface area contributed by atoms with Gasteiger partial charge in [0.25, 0.3) is 5.91 Å². The van der Waals surface area contributed by atoms with Crippen LogP contribution in [0, 0.1) is 0 Å². The van der Waals surface area contributed by atoms with Gasteiger partial charge >= 0.3 is 6.61 Å². The van der Waals surface area contributed by atoms with Crippen LogP contribution in [-0.2, 0) is 0 Å². The van der Waals surface area contributed by atoms with Crippen LogP contribution in [0.3, 0.4) is 0 Å². The molecule has 1 amide bonds. The van der Waals surface area contributed by atoms with E-state index in [0.717, 1.165) is 6.42 Å². The fourth-order valence-electron chi connectivity index (χ4n) is 1.26. The number of amides is 1. The van der Waals surface area contributed by atoms with Crippen LogP contribution in [-0.4, -0.2) is 18.6 Å². The van der Waals surface area contributed by atoms with Gasteiger partial charge in [0.05, 0.1) is 5.56 Å². The molecule has 0 aliphatic heterocycles. The Bertz CT molecular complexity index is 383. The van der Waals surface area contributed by atoms with Gasteiger partial charge in [0.1, 0.15) is 5.75 Å². The maximum Gasteiger partial charge on any atom is 0.387 e. The van der Waals surface area contributed by atoms with Crippen molar-refractivity contribution in [2.75, 3.05) is 0 Å². The Morgan fingerprint density at radius 3 is 2.65 bits per heavy atom. The molecule has 5 heteroatoms. The Hall–Kier alpha value is -1.65. The van der Waals surface area contributed by atoms with E-state index in [4.69, 9.17) is 0 Å². The van der Waals surface area contributed by atoms with Gasteiger partial charge in [-0.25, -0.2) is 0 Å². The SMILES string of the molecule is CCC(C)NC(=O)c1ccccc1OC(F)F. The van der Waals surface area contributed by atoms with E-state index in [1.165, 1.54) is 18.2 Å². The Labute approximate surface area is 98.8 Å². The molecular formula is C12H15F2NO2. The molecule has 0 saturated carbocycles. The van der Waals surface area contributed by atoms with E-state index in [9.17, 15) is 13.6 Å². The average molecular weight is 243 g/mol. The molecule has 3 nitrogen and oxygen atoms in total. The van der Waals surface area contributed by atoms with E-state index in [1.807, 2.05) is 13.8 Å². The number of hydrogen-bond donors (Lipinski definition) is 1. The molecule has 1 rings (SSSR count). The summed E-state index contributed by atoms with van der Waals surface area (Å²) in [6.45, 7) is 0.827. The van der Waals surface area contributed by atoms with Crippen molar-refractivity contribution < 1.29 is 18.3 Å². The summed E-state index contributed by atoms with van der Waals surface area (Å²) < 4.78 is 28.6. The van der Waals surface area contributed by atoms with Crippen LogP contribution < -0.4 is 10.1 Å². The van der Waals surface area contributed by atoms with E-state index >= 15 is 0 Å². The Balaban J connectivity index is 2.85. The molecule has 0 aliphatic carbocycles. The normalized spacial score (nSPS) is 12.3. The maximum atomic E-state index is 12.1. The minimum Gasteiger partial charge on any atom is -0.434 e. The lowest BCUT2D eigenvalue weighted by atomic mass is 10.1. The molecule has 1 N–H and O–H groups in total. The zero-order chi connectivity index (χ0) is 12.8. The zero-order valence-electron chi connectivity index (χ0n) is 9.74. The molecular weight excluding hydrogens is 228 g/mol. The number of ether oxygens (including phenoxy) is 1. The molecule has 0 fully saturated rings. The minimum atomic E-state index is -2.94. The second-order valence-corrected chi connectivity index (χ2v) is 3.66. The van der Waals surface area contributed by atoms with E-state index in [-0.39, 0.29) is 17.4 Å². The van der Waals surface area contributed by atoms with Crippen molar-refractivity contribution in [3.05, 3.63) is 29.8 Å². The van der Waals surface area contributed by atoms with Crippen LogP contribution in [0.2, 0.25) is 0 Å². The lowest BCUT2D eigenvalue weighted by Gasteiger charge is -2.14. The second kappa shape index (κ2) is 6.18. The molecule has 94 valence electrons. The fraction of sp³-hybridized carbons (Fsp3) is 0.417. The summed E-state index contributed by atoms with van der Waals surface area (Å²) in [5.41, 5.74) is 0.119. The summed E-state index contributed by atoms with van der Waals surface area (Å²) in [5.74, 6) is -0.515. The van der Waals surface area contributed by atoms with Crippen LogP contribution in [0.15, 0.2) is 24.3 Å². The standard InChI is InChI=1S/C12H15F2NO2/c1-3-8(2)15-11(16)9-6-4-5-7-10(9)17-12(13)14/h4-8,12H,3H2,1-2H3,(H,15,16). The monoisotopic (exact) mass is 243 g/mol. The molecule has 0 aliphatic rings. The molecule has 1 atom stereocenters. The van der Waals surface area contributed by atoms with Crippen molar-refractivity contribution in [1.29, 1.82) is 0 Å². The highest BCUT2D eigenvalue weighted by molar-refractivity contribution is 5.97. The summed E-state index contributed by atoms with van der Waals surface area (Å²) in [6.07, 6.45) is 0.767. The molecule has 0 heterocycles. The number of nitrogens with one attached hydrogen (secondary N) is 1. The highest BCUT2D eigenvalue weighted by Gasteiger charge is 2.16. The highest BCUT2D eigenvalue weighted by atomic mass is 19.3. The van der Waals surface area contributed by atoms with Crippen molar-refractivity contribution in [3.63, 3.8) is 0 Å². The lowest BCUT2D eigenvalue weighted by Crippen LogP contribution is -2.32. The molecule has 0 saturated heterocycles. The van der Waals surface area contributed by atoms with E-state index in [2.05, 4.69) is 10.1 Å². The number of halogens is 2. The minimum absolute atomic E-state index is 0.0119. The topological polar surface area (TPSA) is 38.3 Å². The van der Waals surface area contributed by atoms with Crippen molar-refractivity contribution in [2.45, 2.75) is 32.9 Å². The van der Waals surface area contributed by atoms with Crippen molar-refractivity contribution >= 4 is 5.91 Å². The Morgan fingerprint density at radius 2 is 2.06 bits per heavy atom. The van der Waals surface area contributed by atoms with Gasteiger partial charge in [-0.05, 0) is 25.5 Å². The number of rotatable bonds is 5. The van der Waals surface area contributed by atoms with Crippen molar-refractivity contribution in [3.8, 4) is 5.75 Å². The van der Waals surface area contributed by atoms with Gasteiger partial charge in [0, 0.05) is 6.04 Å². The summed E-state index contributed by atoms with van der Waals surface area (Å²) >= 11 is 0. The molecule has 17 heavy (non-hydrogen) atoms. The number of alkyl halides is 2. The predicted octanol–water partition coefficient (Wildman–Crippen LogP) is 2.82. The third-order valence-corrected chi connectivity index (χ3v) is 2.34. The summed E-state index contributed by atoms with van der Waals surface area (Å²) in [5, 5.41) is 2.70. The number of benzene rings is 1. The summed E-state index contributed by atoms with van der Waals surface area (Å²) in [7, 11) is 0. The fourth-order valence-corrected chi connectivity index (χ4v) is 1.26. The van der Waals surface area contributed by atoms with E-state index < -0.39 is 12.5 Å². The van der Waals surface area contributed by atoms with Gasteiger partial charge in [-0.3, -0.25) is 4.79 Å². The van der Waals surface area contributed by atoms with Gasteiger partial charge in [-0.1, -0.05) is 19.1 Å². The van der Waals surface area contributed by atoms with E-state index in [1.54, 1.807) is 6.07 Å². The lowest BCUT2D eigenvalue weighted by molar-refractivity contribution is -0.0501. The predicted molar refractivity (Wildman–Crippen MR) is 60.3 cm³/mol. The average Bonchev–Trinajstić information content (AvgIpc) is 2.28. The molecule has 0 aromatic heterocycles. The molecule has 1 unspecified atom stereocenters. The highest BCUT2D eigenvalue weighted by Crippen LogP contribution is 2.20. The van der Waals surface area contributed by atoms with E-state index in [0.29, 0.717) is 0 Å². The summed E-state index contributed by atoms with van der Waals surface area (Å²) in [4.78, 5) is 11.8. The first-order valence-corrected chi connectivity index (χ1v) is 5.39. The number of carbonyl (C=O) groups excluding carboxylic acids is 1. The first-order valence-electron chi connectivity index (χ1n) is 5.39. The van der Waals surface area contributed by atoms with Crippen LogP contribution in [0.4, 0.5) is 8.78 Å². The molecule has 0 spiro atoms. The maximum absolute atomic E-state index is 12.1. The Morgan fingerprint density at radius 1 is 1.41 bits per heavy atom. The Kier molecular flexibility index (Phi) is 4.87.